The molecule has 0 bridgehead atoms. The van der Waals surface area contributed by atoms with E-state index in [0.717, 1.165) is 12.6 Å². The highest BCUT2D eigenvalue weighted by atomic mass is 15.2. The van der Waals surface area contributed by atoms with Crippen LogP contribution in [-0.4, -0.2) is 19.6 Å². The molecule has 1 saturated carbocycles. The average Bonchev–Trinajstić information content (AvgIpc) is 2.93. The van der Waals surface area contributed by atoms with Crippen LogP contribution in [0.5, 0.6) is 0 Å². The van der Waals surface area contributed by atoms with Gasteiger partial charge in [-0.1, -0.05) is 25.0 Å². The molecule has 0 heterocycles. The molecule has 1 aliphatic rings. The maximum absolute atomic E-state index is 3.29. The lowest BCUT2D eigenvalue weighted by molar-refractivity contribution is 0.618. The van der Waals surface area contributed by atoms with Crippen molar-refractivity contribution in [2.75, 3.05) is 18.5 Å². The van der Waals surface area contributed by atoms with Crippen LogP contribution in [0.3, 0.4) is 0 Å². The Kier molecular flexibility index (Phi) is 4.65. The third-order valence-electron chi connectivity index (χ3n) is 4.26. The number of hydrogen-bond donors (Lipinski definition) is 1. The second-order valence-corrected chi connectivity index (χ2v) is 5.33. The van der Waals surface area contributed by atoms with Crippen LogP contribution in [0, 0.1) is 0 Å². The second-order valence-electron chi connectivity index (χ2n) is 5.33. The van der Waals surface area contributed by atoms with Gasteiger partial charge >= 0.3 is 0 Å². The first-order valence-corrected chi connectivity index (χ1v) is 7.30. The number of rotatable bonds is 5. The predicted octanol–water partition coefficient (Wildman–Crippen LogP) is 3.74. The molecule has 1 unspecified atom stereocenters. The Bertz CT molecular complexity index is 352. The smallest absolute Gasteiger partial charge is 0.0368 e. The van der Waals surface area contributed by atoms with Crippen LogP contribution in [0.25, 0.3) is 0 Å². The van der Waals surface area contributed by atoms with Gasteiger partial charge in [-0.25, -0.2) is 0 Å². The van der Waals surface area contributed by atoms with Gasteiger partial charge in [-0.15, -0.1) is 0 Å². The van der Waals surface area contributed by atoms with E-state index in [9.17, 15) is 0 Å². The van der Waals surface area contributed by atoms with E-state index < -0.39 is 0 Å². The van der Waals surface area contributed by atoms with E-state index in [1.54, 1.807) is 0 Å². The van der Waals surface area contributed by atoms with Gasteiger partial charge in [-0.05, 0) is 51.4 Å². The third kappa shape index (κ3) is 2.86. The van der Waals surface area contributed by atoms with E-state index in [2.05, 4.69) is 48.3 Å². The van der Waals surface area contributed by atoms with E-state index in [0.29, 0.717) is 6.04 Å². The van der Waals surface area contributed by atoms with Gasteiger partial charge in [0, 0.05) is 24.3 Å². The van der Waals surface area contributed by atoms with Crippen molar-refractivity contribution in [2.45, 2.75) is 51.6 Å². The molecule has 0 aliphatic heterocycles. The van der Waals surface area contributed by atoms with Crippen LogP contribution in [-0.2, 0) is 0 Å². The minimum absolute atomic E-state index is 0.431. The molecule has 1 aromatic rings. The maximum atomic E-state index is 3.29. The molecule has 2 rings (SSSR count). The first-order valence-electron chi connectivity index (χ1n) is 7.30. The summed E-state index contributed by atoms with van der Waals surface area (Å²) in [4.78, 5) is 2.57. The van der Waals surface area contributed by atoms with Gasteiger partial charge in [0.15, 0.2) is 0 Å². The van der Waals surface area contributed by atoms with Crippen LogP contribution in [0.15, 0.2) is 24.3 Å². The molecular weight excluding hydrogens is 220 g/mol. The minimum Gasteiger partial charge on any atom is -0.369 e. The van der Waals surface area contributed by atoms with Gasteiger partial charge in [-0.3, -0.25) is 0 Å². The Hall–Kier alpha value is -1.02. The third-order valence-corrected chi connectivity index (χ3v) is 4.26. The van der Waals surface area contributed by atoms with Gasteiger partial charge in [0.05, 0.1) is 0 Å². The summed E-state index contributed by atoms with van der Waals surface area (Å²) in [6, 6.07) is 10.3. The standard InChI is InChI=1S/C16H26N2/c1-4-18(15-7-5-6-8-15)16-11-9-14(10-12-16)13(2)17-3/h9-13,15,17H,4-8H2,1-3H3. The van der Waals surface area contributed by atoms with E-state index in [4.69, 9.17) is 0 Å². The highest BCUT2D eigenvalue weighted by Gasteiger charge is 2.21. The van der Waals surface area contributed by atoms with Crippen LogP contribution >= 0.6 is 0 Å². The van der Waals surface area contributed by atoms with Gasteiger partial charge in [0.1, 0.15) is 0 Å². The van der Waals surface area contributed by atoms with E-state index in [-0.39, 0.29) is 0 Å². The number of nitrogens with one attached hydrogen (secondary N) is 1. The summed E-state index contributed by atoms with van der Waals surface area (Å²) in [6.45, 7) is 5.58. The molecule has 1 aliphatic carbocycles. The van der Waals surface area contributed by atoms with Crippen molar-refractivity contribution >= 4 is 5.69 Å². The van der Waals surface area contributed by atoms with Crippen LogP contribution in [0.1, 0.15) is 51.1 Å². The van der Waals surface area contributed by atoms with Crippen molar-refractivity contribution in [3.63, 3.8) is 0 Å². The summed E-state index contributed by atoms with van der Waals surface area (Å²) >= 11 is 0. The Morgan fingerprint density at radius 2 is 1.83 bits per heavy atom. The van der Waals surface area contributed by atoms with Crippen LogP contribution in [0.4, 0.5) is 5.69 Å². The molecule has 0 radical (unpaired) electrons. The highest BCUT2D eigenvalue weighted by molar-refractivity contribution is 5.49. The van der Waals surface area contributed by atoms with Crippen molar-refractivity contribution in [1.29, 1.82) is 0 Å². The minimum atomic E-state index is 0.431. The molecule has 2 nitrogen and oxygen atoms in total. The summed E-state index contributed by atoms with van der Waals surface area (Å²) in [6.07, 6.45) is 5.52. The number of benzene rings is 1. The van der Waals surface area contributed by atoms with Crippen molar-refractivity contribution < 1.29 is 0 Å². The van der Waals surface area contributed by atoms with E-state index >= 15 is 0 Å². The first-order chi connectivity index (χ1) is 8.76. The average molecular weight is 246 g/mol. The van der Waals surface area contributed by atoms with E-state index in [1.807, 2.05) is 7.05 Å². The Morgan fingerprint density at radius 1 is 1.22 bits per heavy atom. The van der Waals surface area contributed by atoms with Crippen molar-refractivity contribution in [3.8, 4) is 0 Å². The molecule has 2 heteroatoms. The monoisotopic (exact) mass is 246 g/mol. The molecule has 1 fully saturated rings. The largest absolute Gasteiger partial charge is 0.369 e. The van der Waals surface area contributed by atoms with Crippen LogP contribution < -0.4 is 10.2 Å². The fourth-order valence-corrected chi connectivity index (χ4v) is 2.99. The number of nitrogens with zero attached hydrogens (tertiary/aromatic N) is 1. The normalized spacial score (nSPS) is 17.9. The molecule has 1 N–H and O–H groups in total. The first kappa shape index (κ1) is 13.4. The molecule has 1 aromatic carbocycles. The zero-order chi connectivity index (χ0) is 13.0. The molecule has 0 aromatic heterocycles. The summed E-state index contributed by atoms with van der Waals surface area (Å²) in [5.74, 6) is 0. The lowest BCUT2D eigenvalue weighted by Gasteiger charge is -2.30. The fourth-order valence-electron chi connectivity index (χ4n) is 2.99. The SMILES string of the molecule is CCN(c1ccc(C(C)NC)cc1)C1CCCC1. The van der Waals surface area contributed by atoms with Gasteiger partial charge in [-0.2, -0.15) is 0 Å². The quantitative estimate of drug-likeness (QED) is 0.851. The van der Waals surface area contributed by atoms with Crippen LogP contribution in [0.2, 0.25) is 0 Å². The lowest BCUT2D eigenvalue weighted by Crippen LogP contribution is -2.32. The Labute approximate surface area is 111 Å². The topological polar surface area (TPSA) is 15.3 Å². The molecule has 100 valence electrons. The molecule has 0 amide bonds. The van der Waals surface area contributed by atoms with Gasteiger partial charge in [0.2, 0.25) is 0 Å². The Balaban J connectivity index is 2.11. The van der Waals surface area contributed by atoms with E-state index in [1.165, 1.54) is 36.9 Å². The van der Waals surface area contributed by atoms with Gasteiger partial charge in [0.25, 0.3) is 0 Å². The predicted molar refractivity (Wildman–Crippen MR) is 79.2 cm³/mol. The zero-order valence-corrected chi connectivity index (χ0v) is 11.9. The van der Waals surface area contributed by atoms with Crippen molar-refractivity contribution in [2.24, 2.45) is 0 Å². The number of hydrogen-bond acceptors (Lipinski definition) is 2. The number of anilines is 1. The lowest BCUT2D eigenvalue weighted by atomic mass is 10.1. The summed E-state index contributed by atoms with van der Waals surface area (Å²) in [5, 5.41) is 3.29. The highest BCUT2D eigenvalue weighted by Crippen LogP contribution is 2.28. The second kappa shape index (κ2) is 6.24. The molecule has 0 spiro atoms. The maximum Gasteiger partial charge on any atom is 0.0368 e. The van der Waals surface area contributed by atoms with Crippen molar-refractivity contribution in [3.05, 3.63) is 29.8 Å². The van der Waals surface area contributed by atoms with Gasteiger partial charge < -0.3 is 10.2 Å². The fraction of sp³-hybridized carbons (Fsp3) is 0.625. The summed E-state index contributed by atoms with van der Waals surface area (Å²) in [5.41, 5.74) is 2.75. The Morgan fingerprint density at radius 3 is 2.33 bits per heavy atom. The summed E-state index contributed by atoms with van der Waals surface area (Å²) in [7, 11) is 2.01. The molecule has 18 heavy (non-hydrogen) atoms. The summed E-state index contributed by atoms with van der Waals surface area (Å²) < 4.78 is 0. The molecule has 1 atom stereocenters. The zero-order valence-electron chi connectivity index (χ0n) is 11.9. The molecule has 0 saturated heterocycles. The molecular formula is C16H26N2. The van der Waals surface area contributed by atoms with Crippen molar-refractivity contribution in [1.82, 2.24) is 5.32 Å².